The average molecular weight is 301 g/mol. The molecular formula is C8H6BrNaO4S. The van der Waals surface area contributed by atoms with E-state index >= 15 is 0 Å². The third-order valence-corrected chi connectivity index (χ3v) is 3.10. The third-order valence-electron chi connectivity index (χ3n) is 1.81. The van der Waals surface area contributed by atoms with E-state index in [0.717, 1.165) is 0 Å². The SMILES string of the molecule is O=S([O-])Cc1cc2c(cc1Br)OCO2.[Na+]. The second-order valence-corrected chi connectivity index (χ2v) is 4.50. The van der Waals surface area contributed by atoms with Crippen molar-refractivity contribution in [2.24, 2.45) is 0 Å². The van der Waals surface area contributed by atoms with Gasteiger partial charge in [0.15, 0.2) is 11.5 Å². The molecule has 0 aliphatic carbocycles. The van der Waals surface area contributed by atoms with Gasteiger partial charge in [-0.3, -0.25) is 4.21 Å². The molecule has 0 amide bonds. The summed E-state index contributed by atoms with van der Waals surface area (Å²) in [5.41, 5.74) is 0.669. The monoisotopic (exact) mass is 300 g/mol. The van der Waals surface area contributed by atoms with Gasteiger partial charge in [-0.2, -0.15) is 0 Å². The summed E-state index contributed by atoms with van der Waals surface area (Å²) >= 11 is 1.17. The van der Waals surface area contributed by atoms with Gasteiger partial charge < -0.3 is 14.0 Å². The topological polar surface area (TPSA) is 58.6 Å². The van der Waals surface area contributed by atoms with Crippen molar-refractivity contribution < 1.29 is 47.8 Å². The number of hydrogen-bond donors (Lipinski definition) is 0. The molecule has 1 aromatic carbocycles. The van der Waals surface area contributed by atoms with E-state index in [4.69, 9.17) is 9.47 Å². The summed E-state index contributed by atoms with van der Waals surface area (Å²) in [4.78, 5) is 0. The summed E-state index contributed by atoms with van der Waals surface area (Å²) in [6.45, 7) is 0.186. The Bertz CT molecular complexity index is 398. The summed E-state index contributed by atoms with van der Waals surface area (Å²) in [5.74, 6) is 1.20. The molecule has 0 fully saturated rings. The Morgan fingerprint density at radius 3 is 2.60 bits per heavy atom. The van der Waals surface area contributed by atoms with Gasteiger partial charge in [0.2, 0.25) is 6.79 Å². The van der Waals surface area contributed by atoms with Crippen molar-refractivity contribution >= 4 is 27.0 Å². The molecule has 0 bridgehead atoms. The number of fused-ring (bicyclic) bond motifs is 1. The number of hydrogen-bond acceptors (Lipinski definition) is 4. The van der Waals surface area contributed by atoms with Crippen LogP contribution < -0.4 is 39.0 Å². The number of rotatable bonds is 2. The summed E-state index contributed by atoms with van der Waals surface area (Å²) < 4.78 is 32.0. The molecule has 0 saturated carbocycles. The summed E-state index contributed by atoms with van der Waals surface area (Å²) in [6.07, 6.45) is 0. The van der Waals surface area contributed by atoms with Crippen molar-refractivity contribution in [3.63, 3.8) is 0 Å². The van der Waals surface area contributed by atoms with Crippen LogP contribution in [0.4, 0.5) is 0 Å². The Morgan fingerprint density at radius 2 is 2.00 bits per heavy atom. The average Bonchev–Trinajstić information content (AvgIpc) is 2.51. The van der Waals surface area contributed by atoms with E-state index in [-0.39, 0.29) is 42.1 Å². The molecule has 1 aliphatic rings. The molecule has 1 unspecified atom stereocenters. The largest absolute Gasteiger partial charge is 1.00 e. The van der Waals surface area contributed by atoms with E-state index in [2.05, 4.69) is 15.9 Å². The zero-order valence-corrected chi connectivity index (χ0v) is 12.4. The van der Waals surface area contributed by atoms with Crippen LogP contribution in [0.5, 0.6) is 11.5 Å². The maximum atomic E-state index is 10.5. The third kappa shape index (κ3) is 3.18. The Balaban J connectivity index is 0.00000112. The molecule has 1 atom stereocenters. The van der Waals surface area contributed by atoms with Crippen LogP contribution in [0.15, 0.2) is 16.6 Å². The van der Waals surface area contributed by atoms with Crippen LogP contribution in [0.2, 0.25) is 0 Å². The standard InChI is InChI=1S/C8H7BrO4S.Na/c9-6-2-8-7(12-4-13-8)1-5(6)3-14(10)11;/h1-2H,3-4H2,(H,10,11);/q;+1/p-1. The van der Waals surface area contributed by atoms with Crippen molar-refractivity contribution in [3.05, 3.63) is 22.2 Å². The first kappa shape index (κ1) is 13.5. The molecular weight excluding hydrogens is 295 g/mol. The number of halogens is 1. The molecule has 1 aromatic rings. The van der Waals surface area contributed by atoms with Gasteiger partial charge in [0, 0.05) is 10.2 Å². The van der Waals surface area contributed by atoms with Gasteiger partial charge in [-0.1, -0.05) is 27.0 Å². The molecule has 2 rings (SSSR count). The van der Waals surface area contributed by atoms with E-state index in [1.165, 1.54) is 0 Å². The van der Waals surface area contributed by atoms with Gasteiger partial charge in [0.05, 0.1) is 0 Å². The molecule has 0 spiro atoms. The van der Waals surface area contributed by atoms with E-state index < -0.39 is 11.1 Å². The predicted octanol–water partition coefficient (Wildman–Crippen LogP) is -1.44. The quantitative estimate of drug-likeness (QED) is 0.496. The van der Waals surface area contributed by atoms with Gasteiger partial charge in [-0.15, -0.1) is 0 Å². The maximum Gasteiger partial charge on any atom is 1.00 e. The second-order valence-electron chi connectivity index (χ2n) is 2.74. The normalized spacial score (nSPS) is 14.5. The summed E-state index contributed by atoms with van der Waals surface area (Å²) in [5, 5.41) is 0. The summed E-state index contributed by atoms with van der Waals surface area (Å²) in [6, 6.07) is 3.38. The smallest absolute Gasteiger partial charge is 0.772 e. The zero-order chi connectivity index (χ0) is 10.1. The minimum absolute atomic E-state index is 0. The van der Waals surface area contributed by atoms with Crippen LogP contribution in [-0.2, 0) is 16.8 Å². The van der Waals surface area contributed by atoms with Gasteiger partial charge >= 0.3 is 29.6 Å². The minimum atomic E-state index is -2.10. The molecule has 1 aliphatic heterocycles. The van der Waals surface area contributed by atoms with Crippen molar-refractivity contribution in [3.8, 4) is 11.5 Å². The van der Waals surface area contributed by atoms with Gasteiger partial charge in [0.1, 0.15) is 0 Å². The Labute approximate surface area is 120 Å². The molecule has 76 valence electrons. The van der Waals surface area contributed by atoms with Crippen molar-refractivity contribution in [1.82, 2.24) is 0 Å². The second kappa shape index (κ2) is 5.65. The van der Waals surface area contributed by atoms with Gasteiger partial charge in [0.25, 0.3) is 0 Å². The minimum Gasteiger partial charge on any atom is -0.772 e. The molecule has 0 N–H and O–H groups in total. The molecule has 1 heterocycles. The first-order chi connectivity index (χ1) is 6.66. The van der Waals surface area contributed by atoms with E-state index in [1.807, 2.05) is 0 Å². The van der Waals surface area contributed by atoms with Crippen molar-refractivity contribution in [1.29, 1.82) is 0 Å². The molecule has 0 radical (unpaired) electrons. The van der Waals surface area contributed by atoms with Gasteiger partial charge in [-0.25, -0.2) is 0 Å². The van der Waals surface area contributed by atoms with Crippen LogP contribution in [0.3, 0.4) is 0 Å². The summed E-state index contributed by atoms with van der Waals surface area (Å²) in [7, 11) is 0. The first-order valence-corrected chi connectivity index (χ1v) is 5.84. The van der Waals surface area contributed by atoms with E-state index in [1.54, 1.807) is 12.1 Å². The van der Waals surface area contributed by atoms with Crippen LogP contribution in [-0.4, -0.2) is 15.6 Å². The Kier molecular flexibility index (Phi) is 5.08. The van der Waals surface area contributed by atoms with Gasteiger partial charge in [-0.05, 0) is 17.7 Å². The fourth-order valence-electron chi connectivity index (χ4n) is 1.20. The molecule has 0 saturated heterocycles. The van der Waals surface area contributed by atoms with Crippen LogP contribution >= 0.6 is 15.9 Å². The van der Waals surface area contributed by atoms with Crippen molar-refractivity contribution in [2.45, 2.75) is 5.75 Å². The van der Waals surface area contributed by atoms with Crippen LogP contribution in [0.1, 0.15) is 5.56 Å². The van der Waals surface area contributed by atoms with E-state index in [9.17, 15) is 8.76 Å². The van der Waals surface area contributed by atoms with Crippen LogP contribution in [0.25, 0.3) is 0 Å². The number of benzene rings is 1. The zero-order valence-electron chi connectivity index (χ0n) is 7.99. The van der Waals surface area contributed by atoms with Crippen molar-refractivity contribution in [2.75, 3.05) is 6.79 Å². The molecule has 4 nitrogen and oxygen atoms in total. The number of ether oxygens (including phenoxy) is 2. The Morgan fingerprint density at radius 1 is 1.40 bits per heavy atom. The molecule has 15 heavy (non-hydrogen) atoms. The Hall–Kier alpha value is 0.410. The first-order valence-electron chi connectivity index (χ1n) is 3.80. The van der Waals surface area contributed by atoms with E-state index in [0.29, 0.717) is 21.5 Å². The maximum absolute atomic E-state index is 10.5. The van der Waals surface area contributed by atoms with Crippen LogP contribution in [0, 0.1) is 0 Å². The fourth-order valence-corrected chi connectivity index (χ4v) is 2.34. The fraction of sp³-hybridized carbons (Fsp3) is 0.250. The molecule has 0 aromatic heterocycles. The molecule has 7 heteroatoms. The predicted molar refractivity (Wildman–Crippen MR) is 52.9 cm³/mol.